The maximum Gasteiger partial charge on any atom is 0.200 e. The Balaban J connectivity index is 1.77. The normalized spacial score (nSPS) is 36.4. The Hall–Kier alpha value is -3.68. The van der Waals surface area contributed by atoms with Gasteiger partial charge in [0.15, 0.2) is 29.0 Å². The molecule has 202 valence electrons. The number of hydrogen-bond donors (Lipinski definition) is 0. The van der Waals surface area contributed by atoms with Crippen LogP contribution in [0.1, 0.15) is 88.3 Å². The van der Waals surface area contributed by atoms with Crippen molar-refractivity contribution in [2.75, 3.05) is 30.9 Å². The first-order valence-corrected chi connectivity index (χ1v) is 11.5. The average Bonchev–Trinajstić information content (AvgIpc) is 3.17. The first-order chi connectivity index (χ1) is 24.6. The van der Waals surface area contributed by atoms with Crippen LogP contribution in [-0.2, 0) is 5.41 Å². The molecule has 0 N–H and O–H groups in total. The summed E-state index contributed by atoms with van der Waals surface area (Å²) in [5.74, 6) is -12.1. The van der Waals surface area contributed by atoms with E-state index in [1.807, 2.05) is 0 Å². The zero-order valence-electron chi connectivity index (χ0n) is 36.2. The van der Waals surface area contributed by atoms with E-state index in [0.717, 1.165) is 36.4 Å². The molecule has 2 heterocycles. The number of carbonyl (C=O) groups excluding carboxylic acids is 1. The predicted molar refractivity (Wildman–Crippen MR) is 139 cm³/mol. The minimum atomic E-state index is -3.51. The van der Waals surface area contributed by atoms with Crippen molar-refractivity contribution in [1.29, 1.82) is 0 Å². The number of aromatic carboxylic acids is 1. The summed E-state index contributed by atoms with van der Waals surface area (Å²) in [4.78, 5) is 12.5. The topological polar surface area (TPSA) is 46.4 Å². The molecule has 4 nitrogen and oxygen atoms in total. The van der Waals surface area contributed by atoms with Crippen LogP contribution >= 0.6 is 0 Å². The van der Waals surface area contributed by atoms with Gasteiger partial charge in [-0.15, -0.1) is 0 Å². The van der Waals surface area contributed by atoms with Crippen LogP contribution in [0.2, 0.25) is 0 Å². The molecule has 0 saturated carbocycles. The third-order valence-corrected chi connectivity index (χ3v) is 6.93. The molecular formula is C31H28F4N2O2. The summed E-state index contributed by atoms with van der Waals surface area (Å²) >= 11 is 0. The van der Waals surface area contributed by atoms with Crippen LogP contribution in [0.15, 0.2) is 47.6 Å². The van der Waals surface area contributed by atoms with E-state index >= 15 is 8.78 Å². The fraction of sp³-hybridized carbons (Fsp3) is 0.355. The fourth-order valence-corrected chi connectivity index (χ4v) is 5.08. The number of fused-ring (bicyclic) bond motifs is 2. The molecule has 0 spiro atoms. The molecule has 2 aliphatic carbocycles. The largest absolute Gasteiger partial charge is 0.545 e. The van der Waals surface area contributed by atoms with E-state index < -0.39 is 114 Å². The van der Waals surface area contributed by atoms with Crippen LogP contribution in [0.25, 0.3) is 5.57 Å². The van der Waals surface area contributed by atoms with E-state index in [2.05, 4.69) is 0 Å². The molecule has 0 bridgehead atoms. The van der Waals surface area contributed by atoms with Crippen LogP contribution in [-0.4, -0.2) is 42.2 Å². The molecule has 0 aromatic heterocycles. The van der Waals surface area contributed by atoms with Crippen molar-refractivity contribution in [3.63, 3.8) is 0 Å². The van der Waals surface area contributed by atoms with Crippen LogP contribution in [0, 0.1) is 23.3 Å². The molecule has 8 heteroatoms. The molecule has 2 saturated heterocycles. The van der Waals surface area contributed by atoms with Crippen molar-refractivity contribution in [2.45, 2.75) is 44.8 Å². The summed E-state index contributed by atoms with van der Waals surface area (Å²) in [6.45, 7) is -10.9. The number of hydrogen-bond acceptors (Lipinski definition) is 3. The zero-order valence-corrected chi connectivity index (χ0v) is 20.2. The zero-order chi connectivity index (χ0) is 42.0. The number of halogens is 4. The van der Waals surface area contributed by atoms with Crippen molar-refractivity contribution in [3.05, 3.63) is 93.1 Å². The van der Waals surface area contributed by atoms with E-state index in [1.54, 1.807) is 0 Å². The third-order valence-electron chi connectivity index (χ3n) is 6.93. The van der Waals surface area contributed by atoms with Gasteiger partial charge in [0.2, 0.25) is 0 Å². The third kappa shape index (κ3) is 3.86. The van der Waals surface area contributed by atoms with Crippen molar-refractivity contribution in [1.82, 2.24) is 0 Å². The lowest BCUT2D eigenvalue weighted by Crippen LogP contribution is -2.33. The van der Waals surface area contributed by atoms with Crippen molar-refractivity contribution < 1.29 is 54.0 Å². The Morgan fingerprint density at radius 1 is 0.974 bits per heavy atom. The molecule has 4 aliphatic rings. The Labute approximate surface area is 246 Å². The van der Waals surface area contributed by atoms with Gasteiger partial charge in [0.25, 0.3) is 0 Å². The first kappa shape index (κ1) is 13.1. The molecule has 2 aromatic rings. The molecule has 2 fully saturated rings. The van der Waals surface area contributed by atoms with Gasteiger partial charge in [-0.25, -0.2) is 22.1 Å². The second kappa shape index (κ2) is 9.21. The standard InChI is InChI=1S/C31H28F4N2O2/c1-31(2)21-15-17(36-11-3-4-12-36)7-9-19(21)23(20-10-8-18(16-22(20)31)37-13-5-6-14-37)24-25(30(38)39)27(33)29(35)28(34)26(24)32/h7-10,15-16H,3-6,11-14H2,1-2H3/i3D2,4D2,5D2,6D2,11D2,12D2,13D2,14D2. The van der Waals surface area contributed by atoms with Gasteiger partial charge in [-0.3, -0.25) is 0 Å². The van der Waals surface area contributed by atoms with Crippen LogP contribution in [0.3, 0.4) is 0 Å². The van der Waals surface area contributed by atoms with Crippen molar-refractivity contribution in [2.24, 2.45) is 0 Å². The van der Waals surface area contributed by atoms with Crippen molar-refractivity contribution >= 4 is 22.9 Å². The Morgan fingerprint density at radius 3 is 2.31 bits per heavy atom. The number of rotatable bonds is 3. The molecule has 0 atom stereocenters. The maximum atomic E-state index is 16.0. The Morgan fingerprint density at radius 2 is 1.64 bits per heavy atom. The molecule has 0 amide bonds. The summed E-state index contributed by atoms with van der Waals surface area (Å²) in [6, 6.07) is 2.90. The average molecular weight is 553 g/mol. The minimum absolute atomic E-state index is 0.170. The lowest BCUT2D eigenvalue weighted by atomic mass is 9.64. The first-order valence-electron chi connectivity index (χ1n) is 19.5. The second-order valence-corrected chi connectivity index (χ2v) is 9.37. The second-order valence-electron chi connectivity index (χ2n) is 9.37. The van der Waals surface area contributed by atoms with Gasteiger partial charge in [-0.1, -0.05) is 19.9 Å². The van der Waals surface area contributed by atoms with E-state index in [0.29, 0.717) is 0 Å². The number of carbonyl (C=O) groups is 1. The number of benzene rings is 2. The van der Waals surface area contributed by atoms with E-state index in [-0.39, 0.29) is 31.7 Å². The van der Waals surface area contributed by atoms with Crippen LogP contribution in [0.5, 0.6) is 0 Å². The highest BCUT2D eigenvalue weighted by Crippen LogP contribution is 2.52. The Kier molecular flexibility index (Phi) is 3.10. The molecular weight excluding hydrogens is 508 g/mol. The Bertz CT molecular complexity index is 2210. The molecule has 0 unspecified atom stereocenters. The molecule has 0 radical (unpaired) electrons. The van der Waals surface area contributed by atoms with E-state index in [1.165, 1.54) is 13.8 Å². The van der Waals surface area contributed by atoms with Crippen LogP contribution in [0.4, 0.5) is 23.2 Å². The fourth-order valence-electron chi connectivity index (χ4n) is 5.08. The predicted octanol–water partition coefficient (Wildman–Crippen LogP) is 5.04. The molecule has 2 aromatic carbocycles. The summed E-state index contributed by atoms with van der Waals surface area (Å²) in [6.07, 6.45) is -11.1. The lowest BCUT2D eigenvalue weighted by Gasteiger charge is -2.40. The monoisotopic (exact) mass is 552 g/mol. The van der Waals surface area contributed by atoms with Gasteiger partial charge in [-0.05, 0) is 53.2 Å². The van der Waals surface area contributed by atoms with Gasteiger partial charge >= 0.3 is 0 Å². The number of allylic oxidation sites excluding steroid dienone is 5. The number of carboxylic acid groups (broad SMARTS) is 1. The van der Waals surface area contributed by atoms with E-state index in [4.69, 9.17) is 21.9 Å². The quantitative estimate of drug-likeness (QED) is 0.232. The van der Waals surface area contributed by atoms with Gasteiger partial charge < -0.3 is 14.8 Å². The molecule has 2 aliphatic heterocycles. The molecule has 39 heavy (non-hydrogen) atoms. The number of anilines is 1. The van der Waals surface area contributed by atoms with Gasteiger partial charge in [0.1, 0.15) is 18.5 Å². The lowest BCUT2D eigenvalue weighted by molar-refractivity contribution is -0.504. The summed E-state index contributed by atoms with van der Waals surface area (Å²) in [7, 11) is 0. The van der Waals surface area contributed by atoms with Gasteiger partial charge in [-0.2, -0.15) is 0 Å². The molecule has 6 rings (SSSR count). The maximum absolute atomic E-state index is 16.0. The highest BCUT2D eigenvalue weighted by molar-refractivity contribution is 6.08. The van der Waals surface area contributed by atoms with Gasteiger partial charge in [0.05, 0.1) is 5.97 Å². The van der Waals surface area contributed by atoms with Crippen molar-refractivity contribution in [3.8, 4) is 0 Å². The SMILES string of the molecule is [2H]C1([2H])N(c2ccc3c(c2)C(C)(C)C2=CC(=[N+]4C([2H])([2H])C([2H])([2H])C([2H])([2H])C4([2H])[2H])C=CC2=C3c2c(F)c(F)c(F)c(F)c2C(=O)[O-])C([2H])([2H])C([2H])([2H])C1([2H])[2H]. The van der Waals surface area contributed by atoms with E-state index in [9.17, 15) is 18.7 Å². The van der Waals surface area contributed by atoms with Crippen LogP contribution < -0.4 is 10.0 Å². The summed E-state index contributed by atoms with van der Waals surface area (Å²) in [5.41, 5.74) is -7.64. The highest BCUT2D eigenvalue weighted by Gasteiger charge is 2.41. The van der Waals surface area contributed by atoms with Gasteiger partial charge in [0, 0.05) is 82.1 Å². The minimum Gasteiger partial charge on any atom is -0.545 e. The highest BCUT2D eigenvalue weighted by atomic mass is 19.2. The number of carboxylic acids is 1. The number of nitrogens with zero attached hydrogens (tertiary/aromatic N) is 2. The summed E-state index contributed by atoms with van der Waals surface area (Å²) < 4.78 is 195. The smallest absolute Gasteiger partial charge is 0.200 e. The summed E-state index contributed by atoms with van der Waals surface area (Å²) in [5, 5.41) is 12.3.